The van der Waals surface area contributed by atoms with Crippen LogP contribution in [0.3, 0.4) is 0 Å². The standard InChI is InChI=1S/C54H51NO/c1-53(2,3)46-17-7-9-19-48(46)55(47-18-8-6-15-44(47)43-16-10-13-39-12-4-5-14-42(39)43)49-20-11-21-51-52(49)45-31-40(24-27-50(45)56-51)38-22-25-41(26-23-38)54-32-35-28-36(33-54)30-37(29-35)34-54/h4-27,31,35-37,45,50H,28-30,32-34H2,1-3H3. The fourth-order valence-electron chi connectivity index (χ4n) is 12.1. The number of anilines is 3. The highest BCUT2D eigenvalue weighted by atomic mass is 16.5. The zero-order valence-electron chi connectivity index (χ0n) is 32.9. The van der Waals surface area contributed by atoms with E-state index in [9.17, 15) is 0 Å². The van der Waals surface area contributed by atoms with E-state index >= 15 is 0 Å². The predicted molar refractivity (Wildman–Crippen MR) is 233 cm³/mol. The Labute approximate surface area is 332 Å². The van der Waals surface area contributed by atoms with Crippen molar-refractivity contribution in [2.75, 3.05) is 4.90 Å². The molecule has 4 bridgehead atoms. The second kappa shape index (κ2) is 12.8. The third-order valence-corrected chi connectivity index (χ3v) is 14.1. The van der Waals surface area contributed by atoms with Gasteiger partial charge in [-0.3, -0.25) is 0 Å². The monoisotopic (exact) mass is 729 g/mol. The Balaban J connectivity index is 1.04. The summed E-state index contributed by atoms with van der Waals surface area (Å²) in [6.07, 6.45) is 15.7. The Kier molecular flexibility index (Phi) is 7.79. The van der Waals surface area contributed by atoms with Gasteiger partial charge in [0.15, 0.2) is 0 Å². The molecule has 0 N–H and O–H groups in total. The van der Waals surface area contributed by atoms with Crippen molar-refractivity contribution in [1.82, 2.24) is 0 Å². The lowest BCUT2D eigenvalue weighted by Crippen LogP contribution is -2.48. The van der Waals surface area contributed by atoms with E-state index < -0.39 is 0 Å². The first-order chi connectivity index (χ1) is 27.3. The van der Waals surface area contributed by atoms with Crippen LogP contribution in [0, 0.1) is 17.8 Å². The highest BCUT2D eigenvalue weighted by molar-refractivity contribution is 6.02. The van der Waals surface area contributed by atoms with Gasteiger partial charge in [-0.1, -0.05) is 142 Å². The molecule has 5 aliphatic carbocycles. The van der Waals surface area contributed by atoms with Crippen molar-refractivity contribution in [1.29, 1.82) is 0 Å². The van der Waals surface area contributed by atoms with Crippen LogP contribution in [0.2, 0.25) is 0 Å². The summed E-state index contributed by atoms with van der Waals surface area (Å²) < 4.78 is 6.83. The van der Waals surface area contributed by atoms with Crippen molar-refractivity contribution in [3.8, 4) is 16.9 Å². The van der Waals surface area contributed by atoms with Crippen LogP contribution in [0.15, 0.2) is 152 Å². The number of hydrogen-bond donors (Lipinski definition) is 0. The van der Waals surface area contributed by atoms with Crippen LogP contribution in [0.25, 0.3) is 27.5 Å². The predicted octanol–water partition coefficient (Wildman–Crippen LogP) is 14.2. The molecule has 56 heavy (non-hydrogen) atoms. The van der Waals surface area contributed by atoms with E-state index in [1.807, 2.05) is 0 Å². The molecule has 6 aromatic rings. The van der Waals surface area contributed by atoms with E-state index in [2.05, 4.69) is 177 Å². The molecular formula is C54H51NO. The summed E-state index contributed by atoms with van der Waals surface area (Å²) in [6, 6.07) is 49.9. The lowest BCUT2D eigenvalue weighted by Gasteiger charge is -2.57. The molecule has 2 nitrogen and oxygen atoms in total. The van der Waals surface area contributed by atoms with Gasteiger partial charge in [0.25, 0.3) is 0 Å². The minimum Gasteiger partial charge on any atom is -0.485 e. The summed E-state index contributed by atoms with van der Waals surface area (Å²) in [4.78, 5) is 2.54. The van der Waals surface area contributed by atoms with Gasteiger partial charge in [0.1, 0.15) is 11.9 Å². The van der Waals surface area contributed by atoms with Gasteiger partial charge >= 0.3 is 0 Å². The van der Waals surface area contributed by atoms with Crippen LogP contribution >= 0.6 is 0 Å². The molecule has 4 fully saturated rings. The minimum atomic E-state index is -0.0802. The number of para-hydroxylation sites is 2. The van der Waals surface area contributed by atoms with Crippen LogP contribution in [-0.4, -0.2) is 6.10 Å². The normalized spacial score (nSPS) is 25.8. The van der Waals surface area contributed by atoms with Gasteiger partial charge in [0.2, 0.25) is 0 Å². The van der Waals surface area contributed by atoms with E-state index in [-0.39, 0.29) is 17.4 Å². The third-order valence-electron chi connectivity index (χ3n) is 14.1. The van der Waals surface area contributed by atoms with Gasteiger partial charge in [-0.15, -0.1) is 0 Å². The first-order valence-electron chi connectivity index (χ1n) is 21.1. The number of hydrogen-bond acceptors (Lipinski definition) is 2. The van der Waals surface area contributed by atoms with Crippen LogP contribution in [0.1, 0.15) is 87.5 Å². The number of allylic oxidation sites excluding steroid dienone is 2. The first kappa shape index (κ1) is 34.0. The van der Waals surface area contributed by atoms with Crippen molar-refractivity contribution >= 4 is 33.4 Å². The van der Waals surface area contributed by atoms with Crippen molar-refractivity contribution < 1.29 is 4.74 Å². The van der Waals surface area contributed by atoms with Crippen LogP contribution < -0.4 is 9.64 Å². The Morgan fingerprint density at radius 2 is 1.23 bits per heavy atom. The molecule has 0 aromatic heterocycles. The molecule has 6 aromatic carbocycles. The molecule has 0 radical (unpaired) electrons. The van der Waals surface area contributed by atoms with E-state index in [1.54, 1.807) is 5.56 Å². The van der Waals surface area contributed by atoms with E-state index in [1.165, 1.54) is 94.1 Å². The molecule has 2 unspecified atom stereocenters. The Morgan fingerprint density at radius 1 is 0.607 bits per heavy atom. The Morgan fingerprint density at radius 3 is 2.00 bits per heavy atom. The van der Waals surface area contributed by atoms with Gasteiger partial charge in [-0.05, 0) is 136 Å². The fourth-order valence-corrected chi connectivity index (χ4v) is 12.1. The van der Waals surface area contributed by atoms with E-state index in [0.717, 1.165) is 29.2 Å². The zero-order chi connectivity index (χ0) is 37.6. The fraction of sp³-hybridized carbons (Fsp3) is 0.296. The molecule has 0 spiro atoms. The Bertz CT molecular complexity index is 2510. The molecule has 0 saturated heterocycles. The SMILES string of the molecule is CC(C)(C)c1ccccc1N(c1ccccc1-c1cccc2ccccc12)c1cccc2c1C1C=C(c3ccc(C45CC6CC(CC(C6)C4)C5)cc3)C=CC1O2. The zero-order valence-corrected chi connectivity index (χ0v) is 32.9. The lowest BCUT2D eigenvalue weighted by molar-refractivity contribution is -0.00518. The topological polar surface area (TPSA) is 12.5 Å². The highest BCUT2D eigenvalue weighted by Crippen LogP contribution is 2.61. The summed E-state index contributed by atoms with van der Waals surface area (Å²) in [7, 11) is 0. The average molecular weight is 730 g/mol. The molecule has 1 heterocycles. The minimum absolute atomic E-state index is 0.0470. The first-order valence-corrected chi connectivity index (χ1v) is 21.1. The summed E-state index contributed by atoms with van der Waals surface area (Å²) in [6.45, 7) is 6.97. The van der Waals surface area contributed by atoms with Gasteiger partial charge < -0.3 is 9.64 Å². The largest absolute Gasteiger partial charge is 0.485 e. The Hall–Kier alpha value is -5.34. The summed E-state index contributed by atoms with van der Waals surface area (Å²) in [5.41, 5.74) is 13.0. The smallest absolute Gasteiger partial charge is 0.128 e. The number of nitrogens with zero attached hydrogens (tertiary/aromatic N) is 1. The average Bonchev–Trinajstić information content (AvgIpc) is 3.59. The molecule has 278 valence electrons. The second-order valence-electron chi connectivity index (χ2n) is 18.7. The van der Waals surface area contributed by atoms with Crippen molar-refractivity contribution in [3.05, 3.63) is 174 Å². The van der Waals surface area contributed by atoms with Gasteiger partial charge in [0.05, 0.1) is 11.4 Å². The number of fused-ring (bicyclic) bond motifs is 4. The maximum Gasteiger partial charge on any atom is 0.128 e. The molecule has 0 amide bonds. The molecule has 4 saturated carbocycles. The lowest BCUT2D eigenvalue weighted by atomic mass is 9.48. The molecule has 2 atom stereocenters. The van der Waals surface area contributed by atoms with Gasteiger partial charge in [-0.25, -0.2) is 0 Å². The maximum absolute atomic E-state index is 6.83. The van der Waals surface area contributed by atoms with Crippen molar-refractivity contribution in [2.45, 2.75) is 82.1 Å². The summed E-state index contributed by atoms with van der Waals surface area (Å²) >= 11 is 0. The van der Waals surface area contributed by atoms with Crippen molar-refractivity contribution in [3.63, 3.8) is 0 Å². The summed E-state index contributed by atoms with van der Waals surface area (Å²) in [5, 5.41) is 2.50. The molecular weight excluding hydrogens is 679 g/mol. The summed E-state index contributed by atoms with van der Waals surface area (Å²) in [5.74, 6) is 3.91. The maximum atomic E-state index is 6.83. The molecule has 12 rings (SSSR count). The van der Waals surface area contributed by atoms with E-state index in [4.69, 9.17) is 4.74 Å². The van der Waals surface area contributed by atoms with Gasteiger partial charge in [-0.2, -0.15) is 0 Å². The second-order valence-corrected chi connectivity index (χ2v) is 18.7. The molecule has 6 aliphatic rings. The van der Waals surface area contributed by atoms with Crippen molar-refractivity contribution in [2.24, 2.45) is 17.8 Å². The van der Waals surface area contributed by atoms with Crippen LogP contribution in [-0.2, 0) is 10.8 Å². The van der Waals surface area contributed by atoms with Gasteiger partial charge in [0, 0.05) is 22.7 Å². The molecule has 1 aliphatic heterocycles. The highest BCUT2D eigenvalue weighted by Gasteiger charge is 2.51. The quantitative estimate of drug-likeness (QED) is 0.169. The number of ether oxygens (including phenoxy) is 1. The van der Waals surface area contributed by atoms with E-state index in [0.29, 0.717) is 5.41 Å². The number of rotatable bonds is 6. The molecule has 2 heteroatoms. The number of benzene rings is 6. The third kappa shape index (κ3) is 5.51. The van der Waals surface area contributed by atoms with Crippen LogP contribution in [0.4, 0.5) is 17.1 Å². The van der Waals surface area contributed by atoms with Crippen LogP contribution in [0.5, 0.6) is 5.75 Å².